The number of pyridine rings is 1. The summed E-state index contributed by atoms with van der Waals surface area (Å²) >= 11 is 11.9. The van der Waals surface area contributed by atoms with E-state index < -0.39 is 5.82 Å². The fourth-order valence-corrected chi connectivity index (χ4v) is 2.15. The second-order valence-corrected chi connectivity index (χ2v) is 4.95. The predicted octanol–water partition coefficient (Wildman–Crippen LogP) is 3.83. The smallest absolute Gasteiger partial charge is 0.258 e. The Kier molecular flexibility index (Phi) is 3.48. The largest absolute Gasteiger partial charge is 0.396 e. The quantitative estimate of drug-likeness (QED) is 0.725. The van der Waals surface area contributed by atoms with E-state index in [2.05, 4.69) is 15.1 Å². The molecule has 0 unspecified atom stereocenters. The number of aromatic nitrogens is 3. The predicted molar refractivity (Wildman–Crippen MR) is 77.4 cm³/mol. The van der Waals surface area contributed by atoms with Crippen molar-refractivity contribution in [1.82, 2.24) is 15.1 Å². The van der Waals surface area contributed by atoms with E-state index >= 15 is 0 Å². The lowest BCUT2D eigenvalue weighted by Gasteiger charge is -2.02. The number of hydrogen-bond acceptors (Lipinski definition) is 5. The number of anilines is 1. The summed E-state index contributed by atoms with van der Waals surface area (Å²) in [4.78, 5) is 8.04. The van der Waals surface area contributed by atoms with Crippen molar-refractivity contribution in [1.29, 1.82) is 0 Å². The van der Waals surface area contributed by atoms with Crippen molar-refractivity contribution < 1.29 is 8.91 Å². The SMILES string of the molecule is Nc1c(Cl)cc(-c2nc(-c3ccc(F)cn3)no2)cc1Cl. The number of halogens is 3. The molecule has 5 nitrogen and oxygen atoms in total. The number of nitrogens with two attached hydrogens (primary N) is 1. The van der Waals surface area contributed by atoms with Crippen LogP contribution >= 0.6 is 23.2 Å². The van der Waals surface area contributed by atoms with E-state index in [1.165, 1.54) is 12.1 Å². The first-order valence-electron chi connectivity index (χ1n) is 5.75. The molecule has 0 spiro atoms. The molecule has 0 bridgehead atoms. The van der Waals surface area contributed by atoms with Crippen LogP contribution < -0.4 is 5.73 Å². The van der Waals surface area contributed by atoms with Gasteiger partial charge < -0.3 is 10.3 Å². The zero-order chi connectivity index (χ0) is 15.0. The summed E-state index contributed by atoms with van der Waals surface area (Å²) in [6.07, 6.45) is 1.07. The number of nitrogen functional groups attached to an aromatic ring is 1. The summed E-state index contributed by atoms with van der Waals surface area (Å²) < 4.78 is 18.0. The first kappa shape index (κ1) is 13.8. The Morgan fingerprint density at radius 2 is 1.86 bits per heavy atom. The minimum absolute atomic E-state index is 0.208. The van der Waals surface area contributed by atoms with E-state index in [4.69, 9.17) is 33.5 Å². The number of benzene rings is 1. The maximum atomic E-state index is 12.8. The maximum Gasteiger partial charge on any atom is 0.258 e. The van der Waals surface area contributed by atoms with Crippen molar-refractivity contribution in [2.24, 2.45) is 0 Å². The normalized spacial score (nSPS) is 10.8. The number of rotatable bonds is 2. The third-order valence-electron chi connectivity index (χ3n) is 2.71. The third kappa shape index (κ3) is 2.68. The summed E-state index contributed by atoms with van der Waals surface area (Å²) in [5, 5.41) is 4.36. The Balaban J connectivity index is 2.00. The molecule has 0 aliphatic carbocycles. The topological polar surface area (TPSA) is 77.8 Å². The minimum Gasteiger partial charge on any atom is -0.396 e. The van der Waals surface area contributed by atoms with Crippen molar-refractivity contribution in [3.8, 4) is 23.0 Å². The average Bonchev–Trinajstić information content (AvgIpc) is 2.95. The molecule has 0 saturated heterocycles. The first-order chi connectivity index (χ1) is 10.0. The molecule has 3 aromatic rings. The second kappa shape index (κ2) is 5.31. The fraction of sp³-hybridized carbons (Fsp3) is 0. The molecule has 2 N–H and O–H groups in total. The molecule has 0 amide bonds. The molecule has 21 heavy (non-hydrogen) atoms. The molecule has 2 aromatic heterocycles. The Bertz CT molecular complexity index is 781. The van der Waals surface area contributed by atoms with Crippen LogP contribution in [0.1, 0.15) is 0 Å². The molecule has 0 saturated carbocycles. The highest BCUT2D eigenvalue weighted by Gasteiger charge is 2.14. The highest BCUT2D eigenvalue weighted by Crippen LogP contribution is 2.33. The highest BCUT2D eigenvalue weighted by molar-refractivity contribution is 6.39. The summed E-state index contributed by atoms with van der Waals surface area (Å²) in [6, 6.07) is 5.85. The van der Waals surface area contributed by atoms with Crippen LogP contribution in [0, 0.1) is 5.82 Å². The van der Waals surface area contributed by atoms with Gasteiger partial charge in [-0.25, -0.2) is 9.37 Å². The van der Waals surface area contributed by atoms with Gasteiger partial charge in [-0.15, -0.1) is 0 Å². The zero-order valence-corrected chi connectivity index (χ0v) is 11.9. The van der Waals surface area contributed by atoms with Crippen LogP contribution in [0.2, 0.25) is 10.0 Å². The molecule has 3 rings (SSSR count). The van der Waals surface area contributed by atoms with Gasteiger partial charge in [-0.1, -0.05) is 28.4 Å². The molecule has 1 aromatic carbocycles. The summed E-state index contributed by atoms with van der Waals surface area (Å²) in [5.41, 5.74) is 6.86. The lowest BCUT2D eigenvalue weighted by molar-refractivity contribution is 0.432. The summed E-state index contributed by atoms with van der Waals surface area (Å²) in [5.74, 6) is -0.00596. The van der Waals surface area contributed by atoms with Gasteiger partial charge in [0.1, 0.15) is 11.5 Å². The van der Waals surface area contributed by atoms with Crippen molar-refractivity contribution in [3.63, 3.8) is 0 Å². The lowest BCUT2D eigenvalue weighted by atomic mass is 10.2. The van der Waals surface area contributed by atoms with E-state index in [1.54, 1.807) is 12.1 Å². The molecule has 2 heterocycles. The maximum absolute atomic E-state index is 12.8. The molecule has 0 atom stereocenters. The van der Waals surface area contributed by atoms with Gasteiger partial charge in [-0.2, -0.15) is 4.98 Å². The highest BCUT2D eigenvalue weighted by atomic mass is 35.5. The van der Waals surface area contributed by atoms with E-state index in [9.17, 15) is 4.39 Å². The molecule has 0 radical (unpaired) electrons. The Hall–Kier alpha value is -2.18. The van der Waals surface area contributed by atoms with Crippen LogP contribution in [0.25, 0.3) is 23.0 Å². The van der Waals surface area contributed by atoms with Gasteiger partial charge in [-0.05, 0) is 24.3 Å². The van der Waals surface area contributed by atoms with Gasteiger partial charge in [-0.3, -0.25) is 0 Å². The van der Waals surface area contributed by atoms with E-state index in [1.807, 2.05) is 0 Å². The Morgan fingerprint density at radius 3 is 2.48 bits per heavy atom. The Labute approximate surface area is 128 Å². The van der Waals surface area contributed by atoms with Crippen molar-refractivity contribution in [3.05, 3.63) is 46.3 Å². The molecule has 0 fully saturated rings. The van der Waals surface area contributed by atoms with Crippen LogP contribution in [0.15, 0.2) is 35.0 Å². The van der Waals surface area contributed by atoms with Crippen molar-refractivity contribution >= 4 is 28.9 Å². The molecule has 0 aliphatic heterocycles. The Morgan fingerprint density at radius 1 is 1.14 bits per heavy atom. The van der Waals surface area contributed by atoms with E-state index in [-0.39, 0.29) is 27.4 Å². The standard InChI is InChI=1S/C13H7Cl2FN4O/c14-8-3-6(4-9(15)11(8)17)13-19-12(20-21-13)10-2-1-7(16)5-18-10/h1-5H,17H2. The van der Waals surface area contributed by atoms with Crippen LogP contribution in [-0.4, -0.2) is 15.1 Å². The number of nitrogens with zero attached hydrogens (tertiary/aromatic N) is 3. The van der Waals surface area contributed by atoms with Crippen molar-refractivity contribution in [2.75, 3.05) is 5.73 Å². The van der Waals surface area contributed by atoms with Gasteiger partial charge in [0, 0.05) is 5.56 Å². The average molecular weight is 325 g/mol. The van der Waals surface area contributed by atoms with Gasteiger partial charge >= 0.3 is 0 Å². The molecule has 8 heteroatoms. The fourth-order valence-electron chi connectivity index (χ4n) is 1.66. The van der Waals surface area contributed by atoms with Crippen LogP contribution in [0.4, 0.5) is 10.1 Å². The molecular formula is C13H7Cl2FN4O. The molecule has 0 aliphatic rings. The van der Waals surface area contributed by atoms with Crippen LogP contribution in [0.5, 0.6) is 0 Å². The first-order valence-corrected chi connectivity index (χ1v) is 6.50. The van der Waals surface area contributed by atoms with Crippen LogP contribution in [0.3, 0.4) is 0 Å². The zero-order valence-electron chi connectivity index (χ0n) is 10.3. The van der Waals surface area contributed by atoms with Crippen LogP contribution in [-0.2, 0) is 0 Å². The van der Waals surface area contributed by atoms with E-state index in [0.717, 1.165) is 6.20 Å². The summed E-state index contributed by atoms with van der Waals surface area (Å²) in [6.45, 7) is 0. The minimum atomic E-state index is -0.445. The van der Waals surface area contributed by atoms with Gasteiger partial charge in [0.2, 0.25) is 5.82 Å². The van der Waals surface area contributed by atoms with Crippen molar-refractivity contribution in [2.45, 2.75) is 0 Å². The lowest BCUT2D eigenvalue weighted by Crippen LogP contribution is -1.89. The molecular weight excluding hydrogens is 318 g/mol. The monoisotopic (exact) mass is 324 g/mol. The molecule has 106 valence electrons. The van der Waals surface area contributed by atoms with Gasteiger partial charge in [0.05, 0.1) is 21.9 Å². The van der Waals surface area contributed by atoms with Gasteiger partial charge in [0.15, 0.2) is 0 Å². The third-order valence-corrected chi connectivity index (χ3v) is 3.33. The second-order valence-electron chi connectivity index (χ2n) is 4.14. The van der Waals surface area contributed by atoms with Gasteiger partial charge in [0.25, 0.3) is 5.89 Å². The number of hydrogen-bond donors (Lipinski definition) is 1. The van der Waals surface area contributed by atoms with E-state index in [0.29, 0.717) is 11.3 Å². The summed E-state index contributed by atoms with van der Waals surface area (Å²) in [7, 11) is 0.